The van der Waals surface area contributed by atoms with Crippen LogP contribution in [0.25, 0.3) is 10.1 Å². The van der Waals surface area contributed by atoms with Crippen LogP contribution in [0.3, 0.4) is 0 Å². The van der Waals surface area contributed by atoms with E-state index in [0.29, 0.717) is 32.6 Å². The van der Waals surface area contributed by atoms with Crippen LogP contribution in [0.1, 0.15) is 18.4 Å². The number of primary amides is 1. The van der Waals surface area contributed by atoms with Crippen molar-refractivity contribution in [2.24, 2.45) is 11.1 Å². The van der Waals surface area contributed by atoms with Crippen LogP contribution in [0, 0.1) is 5.41 Å². The summed E-state index contributed by atoms with van der Waals surface area (Å²) in [5.41, 5.74) is 6.45. The minimum Gasteiger partial charge on any atom is -0.381 e. The highest BCUT2D eigenvalue weighted by Crippen LogP contribution is 2.30. The highest BCUT2D eigenvalue weighted by molar-refractivity contribution is 7.17. The molecule has 3 N–H and O–H groups in total. The van der Waals surface area contributed by atoms with Crippen LogP contribution >= 0.6 is 11.3 Å². The molecule has 21 heavy (non-hydrogen) atoms. The molecular formula is C16H20N2O2S. The first kappa shape index (κ1) is 14.5. The van der Waals surface area contributed by atoms with Gasteiger partial charge in [-0.15, -0.1) is 11.3 Å². The average Bonchev–Trinajstić information content (AvgIpc) is 2.92. The molecule has 0 atom stereocenters. The van der Waals surface area contributed by atoms with Gasteiger partial charge >= 0.3 is 0 Å². The van der Waals surface area contributed by atoms with Crippen molar-refractivity contribution in [3.8, 4) is 0 Å². The van der Waals surface area contributed by atoms with Gasteiger partial charge in [-0.1, -0.05) is 18.2 Å². The predicted octanol–water partition coefficient (Wildman–Crippen LogP) is 2.27. The zero-order chi connectivity index (χ0) is 14.7. The summed E-state index contributed by atoms with van der Waals surface area (Å²) in [7, 11) is 0. The van der Waals surface area contributed by atoms with Crippen molar-refractivity contribution in [2.75, 3.05) is 19.8 Å². The van der Waals surface area contributed by atoms with E-state index < -0.39 is 5.41 Å². The molecule has 1 aliphatic heterocycles. The van der Waals surface area contributed by atoms with Crippen molar-refractivity contribution in [2.45, 2.75) is 19.4 Å². The lowest BCUT2D eigenvalue weighted by Gasteiger charge is -2.34. The molecule has 0 bridgehead atoms. The van der Waals surface area contributed by atoms with Crippen molar-refractivity contribution >= 4 is 27.3 Å². The first-order valence-electron chi connectivity index (χ1n) is 7.25. The number of fused-ring (bicyclic) bond motifs is 1. The van der Waals surface area contributed by atoms with Crippen molar-refractivity contribution < 1.29 is 9.53 Å². The lowest BCUT2D eigenvalue weighted by molar-refractivity contribution is -0.132. The molecule has 1 aromatic heterocycles. The van der Waals surface area contributed by atoms with Crippen LogP contribution in [0.4, 0.5) is 0 Å². The smallest absolute Gasteiger partial charge is 0.225 e. The van der Waals surface area contributed by atoms with E-state index in [4.69, 9.17) is 10.5 Å². The number of thiophene rings is 1. The fourth-order valence-electron chi connectivity index (χ4n) is 2.88. The molecule has 0 radical (unpaired) electrons. The molecule has 2 aromatic rings. The third-order valence-electron chi connectivity index (χ3n) is 4.31. The van der Waals surface area contributed by atoms with Gasteiger partial charge in [-0.3, -0.25) is 4.79 Å². The van der Waals surface area contributed by atoms with Crippen LogP contribution in [0.2, 0.25) is 0 Å². The molecule has 1 amide bonds. The van der Waals surface area contributed by atoms with Gasteiger partial charge in [0.05, 0.1) is 5.41 Å². The molecule has 5 heteroatoms. The van der Waals surface area contributed by atoms with Crippen LogP contribution < -0.4 is 11.1 Å². The van der Waals surface area contributed by atoms with Gasteiger partial charge in [0, 0.05) is 31.0 Å². The molecule has 3 rings (SSSR count). The van der Waals surface area contributed by atoms with E-state index in [2.05, 4.69) is 35.0 Å². The van der Waals surface area contributed by atoms with Gasteiger partial charge < -0.3 is 15.8 Å². The Balaban J connectivity index is 1.66. The summed E-state index contributed by atoms with van der Waals surface area (Å²) in [6, 6.07) is 8.39. The zero-order valence-electron chi connectivity index (χ0n) is 11.9. The minimum absolute atomic E-state index is 0.214. The standard InChI is InChI=1S/C16H20N2O2S/c17-15(19)16(5-7-20-8-6-16)11-18-9-12-10-21-14-4-2-1-3-13(12)14/h1-4,10,18H,5-9,11H2,(H2,17,19). The molecular weight excluding hydrogens is 284 g/mol. The lowest BCUT2D eigenvalue weighted by atomic mass is 9.79. The number of benzene rings is 1. The Labute approximate surface area is 128 Å². The van der Waals surface area contributed by atoms with Crippen LogP contribution in [-0.2, 0) is 16.1 Å². The Kier molecular flexibility index (Phi) is 4.24. The zero-order valence-corrected chi connectivity index (χ0v) is 12.7. The predicted molar refractivity (Wildman–Crippen MR) is 85.2 cm³/mol. The normalized spacial score (nSPS) is 17.9. The van der Waals surface area contributed by atoms with Gasteiger partial charge in [0.1, 0.15) is 0 Å². The summed E-state index contributed by atoms with van der Waals surface area (Å²) >= 11 is 1.75. The van der Waals surface area contributed by atoms with Crippen molar-refractivity contribution in [3.05, 3.63) is 35.2 Å². The number of hydrogen-bond donors (Lipinski definition) is 2. The topological polar surface area (TPSA) is 64.4 Å². The van der Waals surface area contributed by atoms with Gasteiger partial charge in [-0.25, -0.2) is 0 Å². The molecule has 2 heterocycles. The number of carbonyl (C=O) groups is 1. The fourth-order valence-corrected chi connectivity index (χ4v) is 3.84. The second-order valence-electron chi connectivity index (χ2n) is 5.62. The van der Waals surface area contributed by atoms with Gasteiger partial charge in [0.25, 0.3) is 0 Å². The fraction of sp³-hybridized carbons (Fsp3) is 0.438. The number of nitrogens with two attached hydrogens (primary N) is 1. The molecule has 1 fully saturated rings. The van der Waals surface area contributed by atoms with Crippen molar-refractivity contribution in [1.82, 2.24) is 5.32 Å². The van der Waals surface area contributed by atoms with Crippen molar-refractivity contribution in [1.29, 1.82) is 0 Å². The Morgan fingerprint density at radius 2 is 2.10 bits per heavy atom. The SMILES string of the molecule is NC(=O)C1(CNCc2csc3ccccc23)CCOCC1. The molecule has 0 unspecified atom stereocenters. The Hall–Kier alpha value is -1.43. The van der Waals surface area contributed by atoms with E-state index in [1.54, 1.807) is 11.3 Å². The number of ether oxygens (including phenoxy) is 1. The van der Waals surface area contributed by atoms with E-state index >= 15 is 0 Å². The molecule has 0 spiro atoms. The number of amides is 1. The van der Waals surface area contributed by atoms with Gasteiger partial charge in [-0.2, -0.15) is 0 Å². The summed E-state index contributed by atoms with van der Waals surface area (Å²) in [6.07, 6.45) is 1.42. The number of rotatable bonds is 5. The summed E-state index contributed by atoms with van der Waals surface area (Å²) in [5, 5.41) is 6.89. The van der Waals surface area contributed by atoms with Crippen molar-refractivity contribution in [3.63, 3.8) is 0 Å². The Morgan fingerprint density at radius 1 is 1.33 bits per heavy atom. The molecule has 112 valence electrons. The highest BCUT2D eigenvalue weighted by Gasteiger charge is 2.37. The largest absolute Gasteiger partial charge is 0.381 e. The van der Waals surface area contributed by atoms with E-state index in [0.717, 1.165) is 6.54 Å². The second kappa shape index (κ2) is 6.13. The molecule has 0 aliphatic carbocycles. The number of carbonyl (C=O) groups excluding carboxylic acids is 1. The highest BCUT2D eigenvalue weighted by atomic mass is 32.1. The minimum atomic E-state index is -0.454. The van der Waals surface area contributed by atoms with Crippen LogP contribution in [0.5, 0.6) is 0 Å². The van der Waals surface area contributed by atoms with E-state index in [-0.39, 0.29) is 5.91 Å². The third kappa shape index (κ3) is 2.95. The van der Waals surface area contributed by atoms with Crippen LogP contribution in [-0.4, -0.2) is 25.7 Å². The Morgan fingerprint density at radius 3 is 2.86 bits per heavy atom. The molecule has 0 saturated carbocycles. The van der Waals surface area contributed by atoms with E-state index in [1.807, 2.05) is 0 Å². The third-order valence-corrected chi connectivity index (χ3v) is 5.32. The maximum Gasteiger partial charge on any atom is 0.225 e. The van der Waals surface area contributed by atoms with E-state index in [9.17, 15) is 4.79 Å². The van der Waals surface area contributed by atoms with Gasteiger partial charge in [-0.05, 0) is 35.2 Å². The summed E-state index contributed by atoms with van der Waals surface area (Å²) in [5.74, 6) is -0.214. The summed E-state index contributed by atoms with van der Waals surface area (Å²) in [4.78, 5) is 11.8. The Bertz CT molecular complexity index is 632. The molecule has 4 nitrogen and oxygen atoms in total. The maximum absolute atomic E-state index is 11.8. The molecule has 1 aromatic carbocycles. The van der Waals surface area contributed by atoms with Crippen LogP contribution in [0.15, 0.2) is 29.6 Å². The van der Waals surface area contributed by atoms with Gasteiger partial charge in [0.15, 0.2) is 0 Å². The number of nitrogens with one attached hydrogen (secondary N) is 1. The average molecular weight is 304 g/mol. The quantitative estimate of drug-likeness (QED) is 0.890. The lowest BCUT2D eigenvalue weighted by Crippen LogP contribution is -2.48. The summed E-state index contributed by atoms with van der Waals surface area (Å²) in [6.45, 7) is 2.62. The van der Waals surface area contributed by atoms with E-state index in [1.165, 1.54) is 15.6 Å². The molecule has 1 aliphatic rings. The maximum atomic E-state index is 11.8. The monoisotopic (exact) mass is 304 g/mol. The molecule has 1 saturated heterocycles. The first-order valence-corrected chi connectivity index (χ1v) is 8.13. The second-order valence-corrected chi connectivity index (χ2v) is 6.53. The number of hydrogen-bond acceptors (Lipinski definition) is 4. The summed E-state index contributed by atoms with van der Waals surface area (Å²) < 4.78 is 6.65. The van der Waals surface area contributed by atoms with Gasteiger partial charge in [0.2, 0.25) is 5.91 Å². The first-order chi connectivity index (χ1) is 10.2.